The van der Waals surface area contributed by atoms with E-state index in [-0.39, 0.29) is 6.61 Å². The second kappa shape index (κ2) is 4.51. The van der Waals surface area contributed by atoms with Crippen molar-refractivity contribution in [1.82, 2.24) is 0 Å². The van der Waals surface area contributed by atoms with Crippen LogP contribution in [0.25, 0.3) is 0 Å². The first-order valence-corrected chi connectivity index (χ1v) is 3.87. The predicted octanol–water partition coefficient (Wildman–Crippen LogP) is 2.22. The first-order valence-electron chi connectivity index (χ1n) is 3.87. The molecule has 0 amide bonds. The lowest BCUT2D eigenvalue weighted by Crippen LogP contribution is -2.14. The summed E-state index contributed by atoms with van der Waals surface area (Å²) in [6, 6.07) is 0. The zero-order chi connectivity index (χ0) is 8.15. The fourth-order valence-electron chi connectivity index (χ4n) is 1.09. The van der Waals surface area contributed by atoms with E-state index < -0.39 is 0 Å². The van der Waals surface area contributed by atoms with Crippen molar-refractivity contribution >= 4 is 0 Å². The van der Waals surface area contributed by atoms with Crippen LogP contribution in [0.2, 0.25) is 0 Å². The summed E-state index contributed by atoms with van der Waals surface area (Å²) in [5.41, 5.74) is 1.29. The Morgan fingerprint density at radius 1 is 1.50 bits per heavy atom. The lowest BCUT2D eigenvalue weighted by atomic mass is 9.90. The highest BCUT2D eigenvalue weighted by Gasteiger charge is 2.12. The van der Waals surface area contributed by atoms with Gasteiger partial charge in [-0.15, -0.1) is 0 Å². The number of aliphatic hydroxyl groups is 1. The Labute approximate surface area is 63.8 Å². The van der Waals surface area contributed by atoms with Crippen LogP contribution in [0.1, 0.15) is 27.7 Å². The first kappa shape index (κ1) is 9.70. The van der Waals surface area contributed by atoms with Gasteiger partial charge in [-0.1, -0.05) is 25.5 Å². The normalized spacial score (nSPS) is 16.0. The molecular formula is C9H18O. The van der Waals surface area contributed by atoms with Crippen molar-refractivity contribution in [1.29, 1.82) is 0 Å². The van der Waals surface area contributed by atoms with Gasteiger partial charge in [-0.2, -0.15) is 0 Å². The Kier molecular flexibility index (Phi) is 4.37. The minimum absolute atomic E-state index is 0.272. The van der Waals surface area contributed by atoms with Crippen LogP contribution in [-0.2, 0) is 0 Å². The molecule has 0 unspecified atom stereocenters. The van der Waals surface area contributed by atoms with E-state index in [2.05, 4.69) is 26.8 Å². The maximum Gasteiger partial charge on any atom is 0.0498 e. The van der Waals surface area contributed by atoms with Gasteiger partial charge in [-0.05, 0) is 19.8 Å². The van der Waals surface area contributed by atoms with Crippen molar-refractivity contribution in [2.24, 2.45) is 11.8 Å². The van der Waals surface area contributed by atoms with E-state index in [0.29, 0.717) is 11.8 Å². The van der Waals surface area contributed by atoms with E-state index >= 15 is 0 Å². The van der Waals surface area contributed by atoms with Gasteiger partial charge in [-0.25, -0.2) is 0 Å². The van der Waals surface area contributed by atoms with Crippen molar-refractivity contribution < 1.29 is 5.11 Å². The molecule has 0 heterocycles. The monoisotopic (exact) mass is 142 g/mol. The zero-order valence-electron chi connectivity index (χ0n) is 7.39. The molecule has 0 aromatic heterocycles. The quantitative estimate of drug-likeness (QED) is 0.599. The number of hydrogen-bond donors (Lipinski definition) is 1. The zero-order valence-corrected chi connectivity index (χ0v) is 7.39. The fourth-order valence-corrected chi connectivity index (χ4v) is 1.09. The van der Waals surface area contributed by atoms with Crippen molar-refractivity contribution in [2.45, 2.75) is 27.7 Å². The van der Waals surface area contributed by atoms with Gasteiger partial charge in [0.15, 0.2) is 0 Å². The molecule has 1 atom stereocenters. The molecule has 0 fully saturated rings. The number of rotatable bonds is 3. The third-order valence-electron chi connectivity index (χ3n) is 2.04. The van der Waals surface area contributed by atoms with Gasteiger partial charge >= 0.3 is 0 Å². The summed E-state index contributed by atoms with van der Waals surface area (Å²) in [6.45, 7) is 8.62. The van der Waals surface area contributed by atoms with E-state index in [1.54, 1.807) is 0 Å². The van der Waals surface area contributed by atoms with Crippen molar-refractivity contribution in [3.05, 3.63) is 11.6 Å². The molecule has 0 aromatic rings. The molecular weight excluding hydrogens is 124 g/mol. The highest BCUT2D eigenvalue weighted by molar-refractivity contribution is 5.02. The first-order chi connectivity index (χ1) is 4.63. The van der Waals surface area contributed by atoms with Gasteiger partial charge in [0, 0.05) is 12.5 Å². The van der Waals surface area contributed by atoms with Crippen LogP contribution in [-0.4, -0.2) is 11.7 Å². The summed E-state index contributed by atoms with van der Waals surface area (Å²) in [7, 11) is 0. The average molecular weight is 142 g/mol. The smallest absolute Gasteiger partial charge is 0.0498 e. The molecule has 0 radical (unpaired) electrons. The van der Waals surface area contributed by atoms with Gasteiger partial charge in [0.1, 0.15) is 0 Å². The molecule has 1 nitrogen and oxygen atoms in total. The summed E-state index contributed by atoms with van der Waals surface area (Å²) < 4.78 is 0. The number of hydrogen-bond acceptors (Lipinski definition) is 1. The standard InChI is InChI=1S/C9H18O/c1-5-8(4)9(6-10)7(2)3/h5,7,9-10H,6H2,1-4H3/b8-5+/t9-/m1/s1. The summed E-state index contributed by atoms with van der Waals surface area (Å²) in [6.07, 6.45) is 2.07. The minimum Gasteiger partial charge on any atom is -0.396 e. The molecule has 0 aliphatic heterocycles. The van der Waals surface area contributed by atoms with Crippen LogP contribution in [0.4, 0.5) is 0 Å². The van der Waals surface area contributed by atoms with Crippen LogP contribution < -0.4 is 0 Å². The van der Waals surface area contributed by atoms with E-state index in [0.717, 1.165) is 0 Å². The van der Waals surface area contributed by atoms with Crippen molar-refractivity contribution in [2.75, 3.05) is 6.61 Å². The van der Waals surface area contributed by atoms with Crippen molar-refractivity contribution in [3.8, 4) is 0 Å². The molecule has 0 saturated heterocycles. The van der Waals surface area contributed by atoms with Gasteiger partial charge in [0.2, 0.25) is 0 Å². The second-order valence-corrected chi connectivity index (χ2v) is 3.07. The Hall–Kier alpha value is -0.300. The molecule has 10 heavy (non-hydrogen) atoms. The largest absolute Gasteiger partial charge is 0.396 e. The maximum absolute atomic E-state index is 8.96. The molecule has 0 saturated carbocycles. The molecule has 1 N–H and O–H groups in total. The molecule has 0 aromatic carbocycles. The van der Waals surface area contributed by atoms with E-state index in [4.69, 9.17) is 5.11 Å². The Balaban J connectivity index is 4.07. The third kappa shape index (κ3) is 2.53. The van der Waals surface area contributed by atoms with Gasteiger partial charge < -0.3 is 5.11 Å². The fraction of sp³-hybridized carbons (Fsp3) is 0.778. The highest BCUT2D eigenvalue weighted by atomic mass is 16.3. The average Bonchev–Trinajstić information content (AvgIpc) is 1.88. The molecule has 0 spiro atoms. The van der Waals surface area contributed by atoms with Crippen molar-refractivity contribution in [3.63, 3.8) is 0 Å². The van der Waals surface area contributed by atoms with Gasteiger partial charge in [-0.3, -0.25) is 0 Å². The second-order valence-electron chi connectivity index (χ2n) is 3.07. The molecule has 60 valence electrons. The lowest BCUT2D eigenvalue weighted by Gasteiger charge is -2.18. The lowest BCUT2D eigenvalue weighted by molar-refractivity contribution is 0.213. The predicted molar refractivity (Wildman–Crippen MR) is 44.8 cm³/mol. The SMILES string of the molecule is C/C=C(\C)[C@H](CO)C(C)C. The summed E-state index contributed by atoms with van der Waals surface area (Å²) >= 11 is 0. The van der Waals surface area contributed by atoms with Crippen LogP contribution in [0.15, 0.2) is 11.6 Å². The summed E-state index contributed by atoms with van der Waals surface area (Å²) in [5, 5.41) is 8.96. The van der Waals surface area contributed by atoms with Crippen LogP contribution >= 0.6 is 0 Å². The number of aliphatic hydroxyl groups excluding tert-OH is 1. The maximum atomic E-state index is 8.96. The van der Waals surface area contributed by atoms with E-state index in [1.165, 1.54) is 5.57 Å². The van der Waals surface area contributed by atoms with E-state index in [9.17, 15) is 0 Å². The van der Waals surface area contributed by atoms with Crippen LogP contribution in [0.3, 0.4) is 0 Å². The third-order valence-corrected chi connectivity index (χ3v) is 2.04. The Morgan fingerprint density at radius 3 is 2.10 bits per heavy atom. The minimum atomic E-state index is 0.272. The summed E-state index contributed by atoms with van der Waals surface area (Å²) in [4.78, 5) is 0. The topological polar surface area (TPSA) is 20.2 Å². The van der Waals surface area contributed by atoms with Gasteiger partial charge in [0.25, 0.3) is 0 Å². The summed E-state index contributed by atoms with van der Waals surface area (Å²) in [5.74, 6) is 0.895. The molecule has 0 bridgehead atoms. The molecule has 1 heteroatoms. The Morgan fingerprint density at radius 2 is 2.00 bits per heavy atom. The number of allylic oxidation sites excluding steroid dienone is 1. The molecule has 0 aliphatic carbocycles. The van der Waals surface area contributed by atoms with Crippen LogP contribution in [0, 0.1) is 11.8 Å². The molecule has 0 rings (SSSR count). The molecule has 0 aliphatic rings. The highest BCUT2D eigenvalue weighted by Crippen LogP contribution is 2.18. The van der Waals surface area contributed by atoms with Crippen LogP contribution in [0.5, 0.6) is 0 Å². The van der Waals surface area contributed by atoms with Gasteiger partial charge in [0.05, 0.1) is 0 Å². The Bertz CT molecular complexity index is 114. The van der Waals surface area contributed by atoms with E-state index in [1.807, 2.05) is 6.92 Å².